The Hall–Kier alpha value is -3.02. The maximum Gasteiger partial charge on any atom is 0.317 e. The molecular weight excluding hydrogens is 364 g/mol. The maximum atomic E-state index is 12.5. The van der Waals surface area contributed by atoms with E-state index in [-0.39, 0.29) is 18.1 Å². The molecule has 152 valence electrons. The quantitative estimate of drug-likeness (QED) is 0.787. The van der Waals surface area contributed by atoms with Gasteiger partial charge < -0.3 is 19.9 Å². The lowest BCUT2D eigenvalue weighted by Gasteiger charge is -2.41. The number of aryl methyl sites for hydroxylation is 1. The van der Waals surface area contributed by atoms with E-state index < -0.39 is 0 Å². The Morgan fingerprint density at radius 2 is 1.97 bits per heavy atom. The molecule has 2 aliphatic rings. The van der Waals surface area contributed by atoms with Crippen molar-refractivity contribution in [2.75, 3.05) is 19.6 Å². The number of hydrogen-bond acceptors (Lipinski definition) is 4. The zero-order valence-corrected chi connectivity index (χ0v) is 17.5. The number of rotatable bonds is 1. The molecular formula is C23H28N4O2. The van der Waals surface area contributed by atoms with E-state index >= 15 is 0 Å². The minimum Gasteiger partial charge on any atom is -0.454 e. The Morgan fingerprint density at radius 3 is 2.72 bits per heavy atom. The van der Waals surface area contributed by atoms with Gasteiger partial charge in [0.15, 0.2) is 5.75 Å². The van der Waals surface area contributed by atoms with E-state index in [0.29, 0.717) is 6.54 Å². The fourth-order valence-corrected chi connectivity index (χ4v) is 3.86. The van der Waals surface area contributed by atoms with Crippen molar-refractivity contribution in [2.24, 2.45) is 4.99 Å². The molecule has 1 atom stereocenters. The van der Waals surface area contributed by atoms with Gasteiger partial charge in [0.2, 0.25) is 0 Å². The van der Waals surface area contributed by atoms with E-state index in [1.165, 1.54) is 0 Å². The van der Waals surface area contributed by atoms with E-state index in [9.17, 15) is 4.79 Å². The number of fused-ring (bicyclic) bond motifs is 2. The van der Waals surface area contributed by atoms with Crippen LogP contribution in [0.4, 0.5) is 10.5 Å². The second-order valence-electron chi connectivity index (χ2n) is 8.10. The smallest absolute Gasteiger partial charge is 0.317 e. The average Bonchev–Trinajstić information content (AvgIpc) is 2.83. The number of amidine groups is 1. The van der Waals surface area contributed by atoms with Crippen molar-refractivity contribution in [3.63, 3.8) is 0 Å². The minimum absolute atomic E-state index is 0.000112. The highest BCUT2D eigenvalue weighted by atomic mass is 16.5. The van der Waals surface area contributed by atoms with Gasteiger partial charge in [-0.25, -0.2) is 9.79 Å². The van der Waals surface area contributed by atoms with Crippen molar-refractivity contribution in [1.82, 2.24) is 15.1 Å². The molecule has 0 saturated carbocycles. The molecule has 29 heavy (non-hydrogen) atoms. The molecule has 4 rings (SSSR count). The van der Waals surface area contributed by atoms with Crippen LogP contribution in [0, 0.1) is 6.92 Å². The molecule has 2 aromatic rings. The predicted octanol–water partition coefficient (Wildman–Crippen LogP) is 4.30. The molecule has 2 aromatic carbocycles. The number of piperazine rings is 1. The molecule has 1 fully saturated rings. The number of nitrogens with zero attached hydrogens (tertiary/aromatic N) is 3. The normalized spacial score (nSPS) is 18.4. The molecule has 0 bridgehead atoms. The molecule has 6 nitrogen and oxygen atoms in total. The molecule has 6 heteroatoms. The Balaban J connectivity index is 1.66. The largest absolute Gasteiger partial charge is 0.454 e. The summed E-state index contributed by atoms with van der Waals surface area (Å²) in [5.41, 5.74) is 2.98. The van der Waals surface area contributed by atoms with Gasteiger partial charge in [-0.2, -0.15) is 0 Å². The van der Waals surface area contributed by atoms with E-state index in [1.54, 1.807) is 0 Å². The van der Waals surface area contributed by atoms with Gasteiger partial charge in [0, 0.05) is 31.7 Å². The van der Waals surface area contributed by atoms with Crippen LogP contribution in [-0.2, 0) is 0 Å². The van der Waals surface area contributed by atoms with E-state index in [1.807, 2.05) is 49.1 Å². The maximum absolute atomic E-state index is 12.5. The zero-order chi connectivity index (χ0) is 20.5. The minimum atomic E-state index is -0.000112. The van der Waals surface area contributed by atoms with Crippen LogP contribution in [-0.4, -0.2) is 53.4 Å². The second-order valence-corrected chi connectivity index (χ2v) is 8.10. The fourth-order valence-electron chi connectivity index (χ4n) is 3.86. The van der Waals surface area contributed by atoms with Crippen LogP contribution >= 0.6 is 0 Å². The third-order valence-electron chi connectivity index (χ3n) is 5.29. The highest BCUT2D eigenvalue weighted by Crippen LogP contribution is 2.38. The number of carbonyl (C=O) groups excluding carboxylic acids is 1. The van der Waals surface area contributed by atoms with E-state index in [4.69, 9.17) is 9.73 Å². The number of benzene rings is 2. The Labute approximate surface area is 172 Å². The first kappa shape index (κ1) is 19.3. The third kappa shape index (κ3) is 3.92. The van der Waals surface area contributed by atoms with Gasteiger partial charge in [-0.1, -0.05) is 23.8 Å². The lowest BCUT2D eigenvalue weighted by molar-refractivity contribution is 0.133. The Morgan fingerprint density at radius 1 is 1.17 bits per heavy atom. The van der Waals surface area contributed by atoms with Gasteiger partial charge >= 0.3 is 6.03 Å². The molecule has 2 aliphatic heterocycles. The second kappa shape index (κ2) is 7.78. The number of aliphatic imine (C=N–C) groups is 1. The highest BCUT2D eigenvalue weighted by molar-refractivity contribution is 6.04. The SMILES string of the molecule is Cc1ccc2c(c1)C(N1CCN(C(=O)NC(C)C)C(C)C1)=Nc1ccccc1O2. The molecule has 2 heterocycles. The van der Waals surface area contributed by atoms with Gasteiger partial charge in [0.25, 0.3) is 0 Å². The van der Waals surface area contributed by atoms with Crippen LogP contribution in [0.1, 0.15) is 31.9 Å². The summed E-state index contributed by atoms with van der Waals surface area (Å²) in [5.74, 6) is 2.48. The first-order valence-electron chi connectivity index (χ1n) is 10.2. The third-order valence-corrected chi connectivity index (χ3v) is 5.29. The fraction of sp³-hybridized carbons (Fsp3) is 0.391. The summed E-state index contributed by atoms with van der Waals surface area (Å²) >= 11 is 0. The summed E-state index contributed by atoms with van der Waals surface area (Å²) in [6.07, 6.45) is 0. The van der Waals surface area contributed by atoms with E-state index in [2.05, 4.69) is 36.2 Å². The Kier molecular flexibility index (Phi) is 5.18. The van der Waals surface area contributed by atoms with Gasteiger partial charge in [-0.3, -0.25) is 0 Å². The number of urea groups is 1. The molecule has 0 aromatic heterocycles. The van der Waals surface area contributed by atoms with Gasteiger partial charge in [0.05, 0.1) is 5.56 Å². The standard InChI is InChI=1S/C23H28N4O2/c1-15(2)24-23(28)27-12-11-26(14-17(27)4)22-18-13-16(3)9-10-20(18)29-21-8-6-5-7-19(21)25-22/h5-10,13,15,17H,11-12,14H2,1-4H3,(H,24,28). The van der Waals surface area contributed by atoms with Crippen molar-refractivity contribution < 1.29 is 9.53 Å². The van der Waals surface area contributed by atoms with Crippen molar-refractivity contribution in [3.05, 3.63) is 53.6 Å². The molecule has 1 saturated heterocycles. The molecule has 2 amide bonds. The van der Waals surface area contributed by atoms with Crippen LogP contribution in [0.2, 0.25) is 0 Å². The van der Waals surface area contributed by atoms with Gasteiger partial charge in [-0.15, -0.1) is 0 Å². The number of amides is 2. The van der Waals surface area contributed by atoms with Gasteiger partial charge in [-0.05, 0) is 52.0 Å². The van der Waals surface area contributed by atoms with Crippen molar-refractivity contribution in [1.29, 1.82) is 0 Å². The van der Waals surface area contributed by atoms with Gasteiger partial charge in [0.1, 0.15) is 17.3 Å². The summed E-state index contributed by atoms with van der Waals surface area (Å²) in [6, 6.07) is 14.3. The predicted molar refractivity (Wildman–Crippen MR) is 115 cm³/mol. The molecule has 0 aliphatic carbocycles. The first-order valence-corrected chi connectivity index (χ1v) is 10.2. The lowest BCUT2D eigenvalue weighted by atomic mass is 10.1. The highest BCUT2D eigenvalue weighted by Gasteiger charge is 2.31. The summed E-state index contributed by atoms with van der Waals surface area (Å²) < 4.78 is 6.19. The summed E-state index contributed by atoms with van der Waals surface area (Å²) in [6.45, 7) is 10.2. The molecule has 1 unspecified atom stereocenters. The first-order chi connectivity index (χ1) is 13.9. The van der Waals surface area contributed by atoms with Crippen LogP contribution < -0.4 is 10.1 Å². The number of para-hydroxylation sites is 2. The topological polar surface area (TPSA) is 57.2 Å². The molecule has 1 N–H and O–H groups in total. The van der Waals surface area contributed by atoms with Crippen molar-refractivity contribution >= 4 is 17.6 Å². The summed E-state index contributed by atoms with van der Waals surface area (Å²) in [4.78, 5) is 21.7. The Bertz CT molecular complexity index is 954. The number of carbonyl (C=O) groups is 1. The molecule has 0 radical (unpaired) electrons. The number of ether oxygens (including phenoxy) is 1. The number of hydrogen-bond donors (Lipinski definition) is 1. The van der Waals surface area contributed by atoms with Crippen LogP contribution in [0.3, 0.4) is 0 Å². The van der Waals surface area contributed by atoms with Crippen molar-refractivity contribution in [3.8, 4) is 11.5 Å². The van der Waals surface area contributed by atoms with Crippen LogP contribution in [0.5, 0.6) is 11.5 Å². The number of nitrogens with one attached hydrogen (secondary N) is 1. The zero-order valence-electron chi connectivity index (χ0n) is 17.5. The van der Waals surface area contributed by atoms with Crippen LogP contribution in [0.25, 0.3) is 0 Å². The molecule has 0 spiro atoms. The summed E-state index contributed by atoms with van der Waals surface area (Å²) in [7, 11) is 0. The van der Waals surface area contributed by atoms with E-state index in [0.717, 1.165) is 47.2 Å². The lowest BCUT2D eigenvalue weighted by Crippen LogP contribution is -2.58. The average molecular weight is 393 g/mol. The van der Waals surface area contributed by atoms with Crippen LogP contribution in [0.15, 0.2) is 47.5 Å². The monoisotopic (exact) mass is 392 g/mol. The van der Waals surface area contributed by atoms with Crippen molar-refractivity contribution in [2.45, 2.75) is 39.8 Å². The summed E-state index contributed by atoms with van der Waals surface area (Å²) in [5, 5.41) is 3.00.